The molecule has 1 amide bonds. The molecule has 0 saturated carbocycles. The Labute approximate surface area is 133 Å². The minimum Gasteiger partial charge on any atom is -0.507 e. The molecule has 0 aliphatic carbocycles. The standard InChI is InChI=1S/C13H10N4O3S2/c18-9-4-2-1-3-8(9)11-16-17-13(20-11)22-7-10(19)15-12-14-5-6-21-12/h1-6,18H,7H2,(H,14,15,19). The van der Waals surface area contributed by atoms with E-state index in [4.69, 9.17) is 4.42 Å². The Balaban J connectivity index is 1.60. The Hall–Kier alpha value is -2.39. The third-order valence-electron chi connectivity index (χ3n) is 2.55. The molecule has 0 atom stereocenters. The molecular weight excluding hydrogens is 324 g/mol. The Morgan fingerprint density at radius 1 is 1.36 bits per heavy atom. The van der Waals surface area contributed by atoms with Crippen molar-refractivity contribution in [3.05, 3.63) is 35.8 Å². The maximum absolute atomic E-state index is 11.7. The number of nitrogens with one attached hydrogen (secondary N) is 1. The number of thiazole rings is 1. The number of thioether (sulfide) groups is 1. The molecule has 1 aromatic carbocycles. The van der Waals surface area contributed by atoms with Gasteiger partial charge in [-0.3, -0.25) is 4.79 Å². The molecule has 0 fully saturated rings. The number of carbonyl (C=O) groups is 1. The molecule has 0 unspecified atom stereocenters. The zero-order chi connectivity index (χ0) is 15.4. The molecular formula is C13H10N4O3S2. The van der Waals surface area contributed by atoms with Crippen LogP contribution in [-0.2, 0) is 4.79 Å². The molecule has 3 rings (SSSR count). The van der Waals surface area contributed by atoms with E-state index < -0.39 is 0 Å². The smallest absolute Gasteiger partial charge is 0.277 e. The largest absolute Gasteiger partial charge is 0.507 e. The molecule has 0 aliphatic rings. The number of carbonyl (C=O) groups excluding carboxylic acids is 1. The monoisotopic (exact) mass is 334 g/mol. The molecule has 9 heteroatoms. The maximum atomic E-state index is 11.7. The van der Waals surface area contributed by atoms with Crippen LogP contribution < -0.4 is 5.32 Å². The van der Waals surface area contributed by atoms with Crippen molar-refractivity contribution in [3.63, 3.8) is 0 Å². The summed E-state index contributed by atoms with van der Waals surface area (Å²) in [5.41, 5.74) is 0.453. The molecule has 0 aliphatic heterocycles. The van der Waals surface area contributed by atoms with Crippen molar-refractivity contribution in [2.45, 2.75) is 5.22 Å². The minimum atomic E-state index is -0.206. The number of phenolic OH excluding ortho intramolecular Hbond substituents is 1. The van der Waals surface area contributed by atoms with Gasteiger partial charge in [-0.2, -0.15) is 0 Å². The average molecular weight is 334 g/mol. The number of anilines is 1. The predicted molar refractivity (Wildman–Crippen MR) is 82.9 cm³/mol. The Kier molecular flexibility index (Phi) is 4.35. The van der Waals surface area contributed by atoms with Gasteiger partial charge in [0.1, 0.15) is 5.75 Å². The van der Waals surface area contributed by atoms with Gasteiger partial charge in [0.25, 0.3) is 11.1 Å². The fourth-order valence-electron chi connectivity index (χ4n) is 1.60. The van der Waals surface area contributed by atoms with Crippen molar-refractivity contribution in [1.29, 1.82) is 0 Å². The van der Waals surface area contributed by atoms with Crippen LogP contribution in [0.15, 0.2) is 45.5 Å². The topological polar surface area (TPSA) is 101 Å². The van der Waals surface area contributed by atoms with E-state index >= 15 is 0 Å². The number of para-hydroxylation sites is 1. The molecule has 0 radical (unpaired) electrons. The number of phenols is 1. The van der Waals surface area contributed by atoms with E-state index in [1.807, 2.05) is 0 Å². The highest BCUT2D eigenvalue weighted by Gasteiger charge is 2.14. The second-order valence-electron chi connectivity index (χ2n) is 4.06. The molecule has 0 bridgehead atoms. The van der Waals surface area contributed by atoms with Crippen LogP contribution in [-0.4, -0.2) is 31.9 Å². The maximum Gasteiger partial charge on any atom is 0.277 e. The van der Waals surface area contributed by atoms with Gasteiger partial charge in [0.05, 0.1) is 11.3 Å². The normalized spacial score (nSPS) is 10.5. The highest BCUT2D eigenvalue weighted by atomic mass is 32.2. The summed E-state index contributed by atoms with van der Waals surface area (Å²) < 4.78 is 5.42. The van der Waals surface area contributed by atoms with Gasteiger partial charge in [-0.15, -0.1) is 21.5 Å². The van der Waals surface area contributed by atoms with Gasteiger partial charge < -0.3 is 14.8 Å². The van der Waals surface area contributed by atoms with Crippen LogP contribution in [0.1, 0.15) is 0 Å². The number of rotatable bonds is 5. The average Bonchev–Trinajstić information content (AvgIpc) is 3.17. The number of hydrogen-bond donors (Lipinski definition) is 2. The lowest BCUT2D eigenvalue weighted by Crippen LogP contribution is -2.13. The van der Waals surface area contributed by atoms with Gasteiger partial charge in [-0.1, -0.05) is 23.9 Å². The third-order valence-corrected chi connectivity index (χ3v) is 4.05. The summed E-state index contributed by atoms with van der Waals surface area (Å²) in [7, 11) is 0. The number of benzene rings is 1. The van der Waals surface area contributed by atoms with Crippen LogP contribution in [0.5, 0.6) is 5.75 Å². The van der Waals surface area contributed by atoms with Gasteiger partial charge in [-0.05, 0) is 12.1 Å². The van der Waals surface area contributed by atoms with Crippen molar-refractivity contribution < 1.29 is 14.3 Å². The van der Waals surface area contributed by atoms with Crippen LogP contribution in [0.3, 0.4) is 0 Å². The van der Waals surface area contributed by atoms with Crippen molar-refractivity contribution in [2.75, 3.05) is 11.1 Å². The molecule has 0 spiro atoms. The highest BCUT2D eigenvalue weighted by Crippen LogP contribution is 2.29. The number of aromatic nitrogens is 3. The Morgan fingerprint density at radius 3 is 3.00 bits per heavy atom. The van der Waals surface area contributed by atoms with Crippen molar-refractivity contribution in [1.82, 2.24) is 15.2 Å². The van der Waals surface area contributed by atoms with E-state index in [0.29, 0.717) is 10.7 Å². The molecule has 2 heterocycles. The first-order chi connectivity index (χ1) is 10.7. The van der Waals surface area contributed by atoms with Crippen LogP contribution >= 0.6 is 23.1 Å². The van der Waals surface area contributed by atoms with Gasteiger partial charge in [0.15, 0.2) is 5.13 Å². The fourth-order valence-corrected chi connectivity index (χ4v) is 2.71. The molecule has 3 aromatic rings. The van der Waals surface area contributed by atoms with E-state index in [0.717, 1.165) is 11.8 Å². The summed E-state index contributed by atoms with van der Waals surface area (Å²) in [6.07, 6.45) is 1.62. The van der Waals surface area contributed by atoms with Crippen molar-refractivity contribution in [3.8, 4) is 17.2 Å². The first kappa shape index (κ1) is 14.5. The second-order valence-corrected chi connectivity index (χ2v) is 5.89. The van der Waals surface area contributed by atoms with Crippen molar-refractivity contribution in [2.24, 2.45) is 0 Å². The van der Waals surface area contributed by atoms with Gasteiger partial charge in [0, 0.05) is 11.6 Å². The summed E-state index contributed by atoms with van der Waals surface area (Å²) in [6.45, 7) is 0. The minimum absolute atomic E-state index is 0.0595. The summed E-state index contributed by atoms with van der Waals surface area (Å²) in [5.74, 6) is 0.189. The van der Waals surface area contributed by atoms with E-state index in [-0.39, 0.29) is 28.5 Å². The molecule has 7 nitrogen and oxygen atoms in total. The number of nitrogens with zero attached hydrogens (tertiary/aromatic N) is 3. The number of aromatic hydroxyl groups is 1. The molecule has 112 valence electrons. The summed E-state index contributed by atoms with van der Waals surface area (Å²) >= 11 is 2.46. The zero-order valence-corrected chi connectivity index (χ0v) is 12.7. The number of hydrogen-bond acceptors (Lipinski definition) is 8. The van der Waals surface area contributed by atoms with Gasteiger partial charge >= 0.3 is 0 Å². The lowest BCUT2D eigenvalue weighted by Gasteiger charge is -1.99. The van der Waals surface area contributed by atoms with Crippen LogP contribution in [0, 0.1) is 0 Å². The SMILES string of the molecule is O=C(CSc1nnc(-c2ccccc2O)o1)Nc1nccs1. The van der Waals surface area contributed by atoms with E-state index in [1.165, 1.54) is 17.4 Å². The van der Waals surface area contributed by atoms with E-state index in [2.05, 4.69) is 20.5 Å². The van der Waals surface area contributed by atoms with E-state index in [1.54, 1.807) is 29.8 Å². The first-order valence-electron chi connectivity index (χ1n) is 6.16. The van der Waals surface area contributed by atoms with Gasteiger partial charge in [0.2, 0.25) is 5.91 Å². The molecule has 22 heavy (non-hydrogen) atoms. The van der Waals surface area contributed by atoms with Crippen LogP contribution in [0.2, 0.25) is 0 Å². The highest BCUT2D eigenvalue weighted by molar-refractivity contribution is 7.99. The Morgan fingerprint density at radius 2 is 2.23 bits per heavy atom. The molecule has 2 aromatic heterocycles. The quantitative estimate of drug-likeness (QED) is 0.692. The van der Waals surface area contributed by atoms with Crippen LogP contribution in [0.4, 0.5) is 5.13 Å². The Bertz CT molecular complexity index is 773. The van der Waals surface area contributed by atoms with Crippen molar-refractivity contribution >= 4 is 34.1 Å². The summed E-state index contributed by atoms with van der Waals surface area (Å²) in [4.78, 5) is 15.7. The summed E-state index contributed by atoms with van der Waals surface area (Å²) in [5, 5.41) is 22.7. The number of amides is 1. The molecule has 2 N–H and O–H groups in total. The second kappa shape index (κ2) is 6.58. The van der Waals surface area contributed by atoms with E-state index in [9.17, 15) is 9.90 Å². The first-order valence-corrected chi connectivity index (χ1v) is 8.03. The molecule has 0 saturated heterocycles. The predicted octanol–water partition coefficient (Wildman–Crippen LogP) is 2.63. The summed E-state index contributed by atoms with van der Waals surface area (Å²) in [6, 6.07) is 6.67. The van der Waals surface area contributed by atoms with Gasteiger partial charge in [-0.25, -0.2) is 4.98 Å². The zero-order valence-electron chi connectivity index (χ0n) is 11.1. The lowest BCUT2D eigenvalue weighted by molar-refractivity contribution is -0.113. The third kappa shape index (κ3) is 3.43. The fraction of sp³-hybridized carbons (Fsp3) is 0.0769. The lowest BCUT2D eigenvalue weighted by atomic mass is 10.2. The van der Waals surface area contributed by atoms with Crippen LogP contribution in [0.25, 0.3) is 11.5 Å².